The Hall–Kier alpha value is -3.15. The lowest BCUT2D eigenvalue weighted by Gasteiger charge is -2.17. The second-order valence-corrected chi connectivity index (χ2v) is 7.85. The first kappa shape index (κ1) is 20.6. The van der Waals surface area contributed by atoms with Crippen LogP contribution in [0.1, 0.15) is 43.8 Å². The SMILES string of the molecule is Cc1cc(C)cc(NC(=O)Cn2c(C(C)NC(=O)C(C)C)nc3ccccc32)c1. The van der Waals surface area contributed by atoms with E-state index in [0.29, 0.717) is 5.82 Å². The van der Waals surface area contributed by atoms with E-state index in [0.717, 1.165) is 27.8 Å². The molecule has 2 N–H and O–H groups in total. The van der Waals surface area contributed by atoms with Gasteiger partial charge >= 0.3 is 0 Å². The Morgan fingerprint density at radius 3 is 2.34 bits per heavy atom. The van der Waals surface area contributed by atoms with Crippen LogP contribution in [0.2, 0.25) is 0 Å². The lowest BCUT2D eigenvalue weighted by atomic mass is 10.1. The summed E-state index contributed by atoms with van der Waals surface area (Å²) in [6.07, 6.45) is 0. The molecule has 0 aliphatic heterocycles. The van der Waals surface area contributed by atoms with E-state index in [2.05, 4.69) is 21.7 Å². The maximum Gasteiger partial charge on any atom is 0.244 e. The Labute approximate surface area is 171 Å². The molecule has 152 valence electrons. The van der Waals surface area contributed by atoms with Crippen molar-refractivity contribution in [2.45, 2.75) is 47.2 Å². The number of imidazole rings is 1. The minimum Gasteiger partial charge on any atom is -0.346 e. The summed E-state index contributed by atoms with van der Waals surface area (Å²) >= 11 is 0. The van der Waals surface area contributed by atoms with Crippen molar-refractivity contribution >= 4 is 28.5 Å². The lowest BCUT2D eigenvalue weighted by Crippen LogP contribution is -2.32. The number of rotatable bonds is 6. The van der Waals surface area contributed by atoms with Gasteiger partial charge in [0.25, 0.3) is 0 Å². The van der Waals surface area contributed by atoms with Gasteiger partial charge in [-0.2, -0.15) is 0 Å². The Kier molecular flexibility index (Phi) is 6.01. The molecule has 6 heteroatoms. The Morgan fingerprint density at radius 2 is 1.69 bits per heavy atom. The average Bonchev–Trinajstić information content (AvgIpc) is 2.99. The molecule has 3 rings (SSSR count). The van der Waals surface area contributed by atoms with Crippen LogP contribution in [0.3, 0.4) is 0 Å². The van der Waals surface area contributed by atoms with E-state index in [1.807, 2.05) is 75.6 Å². The molecule has 1 unspecified atom stereocenters. The average molecular weight is 393 g/mol. The number of aryl methyl sites for hydroxylation is 2. The van der Waals surface area contributed by atoms with Crippen molar-refractivity contribution in [3.05, 3.63) is 59.4 Å². The maximum atomic E-state index is 12.8. The highest BCUT2D eigenvalue weighted by Gasteiger charge is 2.21. The molecule has 2 amide bonds. The number of para-hydroxylation sites is 2. The summed E-state index contributed by atoms with van der Waals surface area (Å²) in [5.74, 6) is 0.358. The van der Waals surface area contributed by atoms with Gasteiger partial charge < -0.3 is 15.2 Å². The second-order valence-electron chi connectivity index (χ2n) is 7.85. The third-order valence-electron chi connectivity index (χ3n) is 4.76. The fraction of sp³-hybridized carbons (Fsp3) is 0.348. The number of fused-ring (bicyclic) bond motifs is 1. The highest BCUT2D eigenvalue weighted by atomic mass is 16.2. The zero-order valence-corrected chi connectivity index (χ0v) is 17.6. The van der Waals surface area contributed by atoms with Crippen LogP contribution in [0, 0.1) is 19.8 Å². The quantitative estimate of drug-likeness (QED) is 0.662. The number of anilines is 1. The zero-order chi connectivity index (χ0) is 21.1. The Balaban J connectivity index is 1.88. The highest BCUT2D eigenvalue weighted by molar-refractivity contribution is 5.92. The van der Waals surface area contributed by atoms with E-state index in [1.54, 1.807) is 0 Å². The highest BCUT2D eigenvalue weighted by Crippen LogP contribution is 2.22. The van der Waals surface area contributed by atoms with Crippen LogP contribution in [0.5, 0.6) is 0 Å². The number of hydrogen-bond acceptors (Lipinski definition) is 3. The van der Waals surface area contributed by atoms with Crippen molar-refractivity contribution in [2.75, 3.05) is 5.32 Å². The van der Waals surface area contributed by atoms with Gasteiger partial charge in [0.2, 0.25) is 11.8 Å². The third-order valence-corrected chi connectivity index (χ3v) is 4.76. The van der Waals surface area contributed by atoms with Crippen LogP contribution in [-0.2, 0) is 16.1 Å². The molecular formula is C23H28N4O2. The van der Waals surface area contributed by atoms with E-state index in [4.69, 9.17) is 0 Å². The fourth-order valence-corrected chi connectivity index (χ4v) is 3.43. The zero-order valence-electron chi connectivity index (χ0n) is 17.6. The number of aromatic nitrogens is 2. The predicted molar refractivity (Wildman–Crippen MR) is 116 cm³/mol. The first-order valence-electron chi connectivity index (χ1n) is 9.88. The molecule has 0 saturated heterocycles. The first-order valence-corrected chi connectivity index (χ1v) is 9.88. The smallest absolute Gasteiger partial charge is 0.244 e. The molecule has 29 heavy (non-hydrogen) atoms. The van der Waals surface area contributed by atoms with Crippen LogP contribution in [-0.4, -0.2) is 21.4 Å². The second kappa shape index (κ2) is 8.47. The van der Waals surface area contributed by atoms with Crippen LogP contribution in [0.4, 0.5) is 5.69 Å². The van der Waals surface area contributed by atoms with Gasteiger partial charge in [-0.15, -0.1) is 0 Å². The number of carbonyl (C=O) groups is 2. The number of nitrogens with one attached hydrogen (secondary N) is 2. The van der Waals surface area contributed by atoms with E-state index in [1.165, 1.54) is 0 Å². The summed E-state index contributed by atoms with van der Waals surface area (Å²) in [4.78, 5) is 29.6. The van der Waals surface area contributed by atoms with Gasteiger partial charge in [-0.3, -0.25) is 9.59 Å². The monoisotopic (exact) mass is 392 g/mol. The van der Waals surface area contributed by atoms with Crippen LogP contribution in [0.25, 0.3) is 11.0 Å². The fourth-order valence-electron chi connectivity index (χ4n) is 3.43. The molecule has 6 nitrogen and oxygen atoms in total. The molecule has 0 radical (unpaired) electrons. The molecular weight excluding hydrogens is 364 g/mol. The van der Waals surface area contributed by atoms with Crippen LogP contribution >= 0.6 is 0 Å². The standard InChI is InChI=1S/C23H28N4O2/c1-14(2)23(29)24-17(5)22-26-19-8-6-7-9-20(19)27(22)13-21(28)25-18-11-15(3)10-16(4)12-18/h6-12,14,17H,13H2,1-5H3,(H,24,29)(H,25,28). The summed E-state index contributed by atoms with van der Waals surface area (Å²) in [6, 6.07) is 13.3. The largest absolute Gasteiger partial charge is 0.346 e. The summed E-state index contributed by atoms with van der Waals surface area (Å²) in [5.41, 5.74) is 4.63. The normalized spacial score (nSPS) is 12.2. The van der Waals surface area contributed by atoms with E-state index >= 15 is 0 Å². The van der Waals surface area contributed by atoms with Crippen molar-refractivity contribution < 1.29 is 9.59 Å². The number of hydrogen-bond donors (Lipinski definition) is 2. The topological polar surface area (TPSA) is 76.0 Å². The molecule has 2 aromatic carbocycles. The molecule has 0 aliphatic rings. The summed E-state index contributed by atoms with van der Waals surface area (Å²) in [5, 5.41) is 5.96. The van der Waals surface area contributed by atoms with Crippen molar-refractivity contribution in [3.8, 4) is 0 Å². The van der Waals surface area contributed by atoms with Crippen molar-refractivity contribution in [3.63, 3.8) is 0 Å². The molecule has 1 heterocycles. The van der Waals surface area contributed by atoms with Gasteiger partial charge in [0.15, 0.2) is 0 Å². The number of nitrogens with zero attached hydrogens (tertiary/aromatic N) is 2. The molecule has 0 saturated carbocycles. The summed E-state index contributed by atoms with van der Waals surface area (Å²) in [7, 11) is 0. The summed E-state index contributed by atoms with van der Waals surface area (Å²) in [6.45, 7) is 9.71. The van der Waals surface area contributed by atoms with E-state index < -0.39 is 0 Å². The van der Waals surface area contributed by atoms with Gasteiger partial charge in [0, 0.05) is 11.6 Å². The van der Waals surface area contributed by atoms with Crippen molar-refractivity contribution in [2.24, 2.45) is 5.92 Å². The minimum absolute atomic E-state index is 0.0456. The number of amides is 2. The van der Waals surface area contributed by atoms with Crippen molar-refractivity contribution in [1.29, 1.82) is 0 Å². The molecule has 0 fully saturated rings. The molecule has 0 bridgehead atoms. The van der Waals surface area contributed by atoms with Gasteiger partial charge in [0.1, 0.15) is 12.4 Å². The number of carbonyl (C=O) groups excluding carboxylic acids is 2. The van der Waals surface area contributed by atoms with Gasteiger partial charge in [-0.05, 0) is 56.2 Å². The van der Waals surface area contributed by atoms with Crippen LogP contribution in [0.15, 0.2) is 42.5 Å². The minimum atomic E-state index is -0.314. The lowest BCUT2D eigenvalue weighted by molar-refractivity contribution is -0.124. The maximum absolute atomic E-state index is 12.8. The van der Waals surface area contributed by atoms with Crippen molar-refractivity contribution in [1.82, 2.24) is 14.9 Å². The Morgan fingerprint density at radius 1 is 1.03 bits per heavy atom. The first-order chi connectivity index (χ1) is 13.7. The summed E-state index contributed by atoms with van der Waals surface area (Å²) < 4.78 is 1.87. The molecule has 1 atom stereocenters. The molecule has 0 spiro atoms. The van der Waals surface area contributed by atoms with Gasteiger partial charge in [-0.1, -0.05) is 32.0 Å². The predicted octanol–water partition coefficient (Wildman–Crippen LogP) is 4.13. The molecule has 1 aromatic heterocycles. The number of benzene rings is 2. The molecule has 3 aromatic rings. The Bertz CT molecular complexity index is 1030. The van der Waals surface area contributed by atoms with E-state index in [9.17, 15) is 9.59 Å². The van der Waals surface area contributed by atoms with E-state index in [-0.39, 0.29) is 30.3 Å². The van der Waals surface area contributed by atoms with Gasteiger partial charge in [0.05, 0.1) is 17.1 Å². The molecule has 0 aliphatic carbocycles. The third kappa shape index (κ3) is 4.83. The van der Waals surface area contributed by atoms with Crippen LogP contribution < -0.4 is 10.6 Å². The van der Waals surface area contributed by atoms with Gasteiger partial charge in [-0.25, -0.2) is 4.98 Å².